The fraction of sp³-hybridized carbons (Fsp3) is 0.111. The Hall–Kier alpha value is -1.20. The van der Waals surface area contributed by atoms with Crippen molar-refractivity contribution in [2.24, 2.45) is 0 Å². The van der Waals surface area contributed by atoms with Crippen LogP contribution in [-0.4, -0.2) is 19.9 Å². The molecule has 0 aliphatic carbocycles. The van der Waals surface area contributed by atoms with Crippen LogP contribution in [0.4, 0.5) is 0 Å². The second-order valence-electron chi connectivity index (χ2n) is 2.78. The molecule has 0 aliphatic heterocycles. The number of nitrogens with zero attached hydrogens (tertiary/aromatic N) is 3. The first-order chi connectivity index (χ1) is 6.79. The van der Waals surface area contributed by atoms with Crippen LogP contribution >= 0.6 is 15.9 Å². The van der Waals surface area contributed by atoms with Gasteiger partial charge in [0.25, 0.3) is 0 Å². The summed E-state index contributed by atoms with van der Waals surface area (Å²) in [5.74, 6) is 0.697. The molecule has 0 fully saturated rings. The van der Waals surface area contributed by atoms with Crippen LogP contribution in [0.15, 0.2) is 35.2 Å². The fourth-order valence-corrected chi connectivity index (χ4v) is 1.40. The summed E-state index contributed by atoms with van der Waals surface area (Å²) in [6.45, 7) is 0.0119. The molecule has 0 spiro atoms. The van der Waals surface area contributed by atoms with Gasteiger partial charge >= 0.3 is 0 Å². The van der Waals surface area contributed by atoms with Gasteiger partial charge in [-0.15, -0.1) is 0 Å². The molecule has 0 unspecified atom stereocenters. The minimum Gasteiger partial charge on any atom is -0.392 e. The summed E-state index contributed by atoms with van der Waals surface area (Å²) in [5, 5.41) is 13.0. The van der Waals surface area contributed by atoms with Crippen molar-refractivity contribution in [3.05, 3.63) is 40.8 Å². The van der Waals surface area contributed by atoms with Crippen molar-refractivity contribution < 1.29 is 5.11 Å². The van der Waals surface area contributed by atoms with Gasteiger partial charge in [-0.05, 0) is 33.6 Å². The molecule has 5 heteroatoms. The molecule has 0 bridgehead atoms. The van der Waals surface area contributed by atoms with Crippen molar-refractivity contribution in [1.82, 2.24) is 14.8 Å². The lowest BCUT2D eigenvalue weighted by Gasteiger charge is -2.01. The Morgan fingerprint density at radius 1 is 1.50 bits per heavy atom. The Kier molecular flexibility index (Phi) is 2.60. The Bertz CT molecular complexity index is 441. The number of aromatic nitrogens is 3. The van der Waals surface area contributed by atoms with Gasteiger partial charge in [-0.2, -0.15) is 5.10 Å². The lowest BCUT2D eigenvalue weighted by Crippen LogP contribution is -1.98. The van der Waals surface area contributed by atoms with Crippen LogP contribution < -0.4 is 0 Å². The van der Waals surface area contributed by atoms with Crippen molar-refractivity contribution in [1.29, 1.82) is 0 Å². The summed E-state index contributed by atoms with van der Waals surface area (Å²) in [6, 6.07) is 3.56. The van der Waals surface area contributed by atoms with E-state index < -0.39 is 0 Å². The summed E-state index contributed by atoms with van der Waals surface area (Å²) in [5.41, 5.74) is 0.821. The summed E-state index contributed by atoms with van der Waals surface area (Å²) < 4.78 is 2.54. The Labute approximate surface area is 89.3 Å². The molecule has 2 aromatic heterocycles. The smallest absolute Gasteiger partial charge is 0.153 e. The lowest BCUT2D eigenvalue weighted by molar-refractivity contribution is 0.281. The summed E-state index contributed by atoms with van der Waals surface area (Å²) >= 11 is 3.30. The second-order valence-corrected chi connectivity index (χ2v) is 3.70. The Morgan fingerprint density at radius 3 is 3.00 bits per heavy atom. The monoisotopic (exact) mass is 253 g/mol. The van der Waals surface area contributed by atoms with Crippen LogP contribution in [0.1, 0.15) is 5.56 Å². The molecule has 0 atom stereocenters. The minimum atomic E-state index is 0.0119. The number of aliphatic hydroxyl groups is 1. The second kappa shape index (κ2) is 3.89. The quantitative estimate of drug-likeness (QED) is 0.883. The molecule has 0 radical (unpaired) electrons. The van der Waals surface area contributed by atoms with Crippen LogP contribution in [-0.2, 0) is 6.61 Å². The molecule has 0 aliphatic rings. The molecule has 0 saturated carbocycles. The predicted octanol–water partition coefficient (Wildman–Crippen LogP) is 1.52. The predicted molar refractivity (Wildman–Crippen MR) is 55.0 cm³/mol. The number of aliphatic hydroxyl groups excluding tert-OH is 1. The molecule has 0 aromatic carbocycles. The van der Waals surface area contributed by atoms with Gasteiger partial charge in [-0.1, -0.05) is 0 Å². The van der Waals surface area contributed by atoms with Crippen LogP contribution in [0.2, 0.25) is 0 Å². The minimum absolute atomic E-state index is 0.0119. The van der Waals surface area contributed by atoms with Crippen molar-refractivity contribution >= 4 is 15.9 Å². The van der Waals surface area contributed by atoms with Gasteiger partial charge in [0.1, 0.15) is 0 Å². The van der Waals surface area contributed by atoms with E-state index in [4.69, 9.17) is 5.11 Å². The molecule has 0 saturated heterocycles. The van der Waals surface area contributed by atoms with Crippen molar-refractivity contribution in [3.63, 3.8) is 0 Å². The van der Waals surface area contributed by atoms with Crippen molar-refractivity contribution in [2.75, 3.05) is 0 Å². The fourth-order valence-electron chi connectivity index (χ4n) is 1.11. The van der Waals surface area contributed by atoms with Crippen LogP contribution in [0.5, 0.6) is 0 Å². The van der Waals surface area contributed by atoms with E-state index in [2.05, 4.69) is 26.0 Å². The van der Waals surface area contributed by atoms with Crippen LogP contribution in [0, 0.1) is 0 Å². The average molecular weight is 254 g/mol. The zero-order chi connectivity index (χ0) is 9.97. The van der Waals surface area contributed by atoms with Gasteiger partial charge in [0.15, 0.2) is 5.82 Å². The van der Waals surface area contributed by atoms with E-state index in [0.717, 1.165) is 10.0 Å². The molecule has 2 aromatic rings. The van der Waals surface area contributed by atoms with Crippen LogP contribution in [0.25, 0.3) is 5.82 Å². The van der Waals surface area contributed by atoms with E-state index >= 15 is 0 Å². The van der Waals surface area contributed by atoms with Gasteiger partial charge < -0.3 is 5.11 Å². The first kappa shape index (κ1) is 9.36. The van der Waals surface area contributed by atoms with Gasteiger partial charge in [0, 0.05) is 12.4 Å². The van der Waals surface area contributed by atoms with E-state index in [1.165, 1.54) is 0 Å². The Morgan fingerprint density at radius 2 is 2.36 bits per heavy atom. The first-order valence-electron chi connectivity index (χ1n) is 4.06. The van der Waals surface area contributed by atoms with Gasteiger partial charge in [-0.25, -0.2) is 9.67 Å². The van der Waals surface area contributed by atoms with Gasteiger partial charge in [-0.3, -0.25) is 0 Å². The molecular weight excluding hydrogens is 246 g/mol. The summed E-state index contributed by atoms with van der Waals surface area (Å²) in [7, 11) is 0. The number of halogens is 1. The molecular formula is C9H8BrN3O. The highest BCUT2D eigenvalue weighted by molar-refractivity contribution is 9.10. The standard InChI is InChI=1S/C9H8BrN3O/c10-8-4-12-13(5-8)9-3-7(6-14)1-2-11-9/h1-5,14H,6H2. The zero-order valence-electron chi connectivity index (χ0n) is 7.26. The molecule has 4 nitrogen and oxygen atoms in total. The molecule has 72 valence electrons. The highest BCUT2D eigenvalue weighted by atomic mass is 79.9. The van der Waals surface area contributed by atoms with Crippen molar-refractivity contribution in [2.45, 2.75) is 6.61 Å². The molecule has 0 amide bonds. The van der Waals surface area contributed by atoms with Crippen LogP contribution in [0.3, 0.4) is 0 Å². The third-order valence-electron chi connectivity index (χ3n) is 1.78. The first-order valence-corrected chi connectivity index (χ1v) is 4.85. The average Bonchev–Trinajstić information content (AvgIpc) is 2.65. The number of rotatable bonds is 2. The van der Waals surface area contributed by atoms with E-state index in [9.17, 15) is 0 Å². The van der Waals surface area contributed by atoms with E-state index in [1.54, 1.807) is 29.2 Å². The molecule has 2 rings (SSSR count). The molecule has 2 heterocycles. The third kappa shape index (κ3) is 1.83. The Balaban J connectivity index is 2.41. The summed E-state index contributed by atoms with van der Waals surface area (Å²) in [6.07, 6.45) is 5.15. The van der Waals surface area contributed by atoms with Crippen molar-refractivity contribution in [3.8, 4) is 5.82 Å². The maximum Gasteiger partial charge on any atom is 0.153 e. The topological polar surface area (TPSA) is 50.9 Å². The molecule has 14 heavy (non-hydrogen) atoms. The SMILES string of the molecule is OCc1ccnc(-n2cc(Br)cn2)c1. The van der Waals surface area contributed by atoms with E-state index in [0.29, 0.717) is 5.82 Å². The zero-order valence-corrected chi connectivity index (χ0v) is 8.85. The van der Waals surface area contributed by atoms with E-state index in [1.807, 2.05) is 6.20 Å². The normalized spacial score (nSPS) is 10.4. The highest BCUT2D eigenvalue weighted by Gasteiger charge is 2.00. The third-order valence-corrected chi connectivity index (χ3v) is 2.19. The largest absolute Gasteiger partial charge is 0.392 e. The van der Waals surface area contributed by atoms with E-state index in [-0.39, 0.29) is 6.61 Å². The molecule has 1 N–H and O–H groups in total. The number of pyridine rings is 1. The van der Waals surface area contributed by atoms with Gasteiger partial charge in [0.2, 0.25) is 0 Å². The van der Waals surface area contributed by atoms with Gasteiger partial charge in [0.05, 0.1) is 17.3 Å². The number of hydrogen-bond acceptors (Lipinski definition) is 3. The number of hydrogen-bond donors (Lipinski definition) is 1. The highest BCUT2D eigenvalue weighted by Crippen LogP contribution is 2.11. The summed E-state index contributed by atoms with van der Waals surface area (Å²) in [4.78, 5) is 4.14. The maximum atomic E-state index is 8.95. The maximum absolute atomic E-state index is 8.95. The lowest BCUT2D eigenvalue weighted by atomic mass is 10.3.